The van der Waals surface area contributed by atoms with Crippen LogP contribution in [0.1, 0.15) is 19.3 Å². The molecule has 1 atom stereocenters. The lowest BCUT2D eigenvalue weighted by Gasteiger charge is -2.42. The first-order valence-corrected chi connectivity index (χ1v) is 7.53. The highest BCUT2D eigenvalue weighted by molar-refractivity contribution is 9.10. The number of anilines is 1. The molecule has 2 aliphatic heterocycles. The van der Waals surface area contributed by atoms with Crippen molar-refractivity contribution in [2.75, 3.05) is 18.0 Å². The predicted molar refractivity (Wildman–Crippen MR) is 75.8 cm³/mol. The monoisotopic (exact) mass is 358 g/mol. The zero-order valence-corrected chi connectivity index (χ0v) is 12.7. The van der Waals surface area contributed by atoms with Gasteiger partial charge in [-0.25, -0.2) is 8.78 Å². The summed E-state index contributed by atoms with van der Waals surface area (Å²) in [5, 5.41) is 0. The standard InChI is InChI=1S/C14H13BrF2N2O2/c15-8-5-9(16)13(10(17)6-8)19-7-12(20)18-4-2-1-3-11(18)14(19)21/h5-6,11H,1-4,7H2. The minimum absolute atomic E-state index is 0.247. The molecule has 0 saturated carbocycles. The Hall–Kier alpha value is -1.50. The lowest BCUT2D eigenvalue weighted by atomic mass is 9.98. The molecule has 4 nitrogen and oxygen atoms in total. The van der Waals surface area contributed by atoms with Crippen LogP contribution in [0.4, 0.5) is 14.5 Å². The zero-order chi connectivity index (χ0) is 15.1. The van der Waals surface area contributed by atoms with Gasteiger partial charge in [0.15, 0.2) is 11.6 Å². The fraction of sp³-hybridized carbons (Fsp3) is 0.429. The van der Waals surface area contributed by atoms with Crippen molar-refractivity contribution in [3.8, 4) is 0 Å². The van der Waals surface area contributed by atoms with Crippen LogP contribution in [0.2, 0.25) is 0 Å². The Bertz CT molecular complexity index is 600. The molecule has 2 heterocycles. The van der Waals surface area contributed by atoms with E-state index in [0.717, 1.165) is 29.9 Å². The molecule has 0 spiro atoms. The molecule has 21 heavy (non-hydrogen) atoms. The van der Waals surface area contributed by atoms with Crippen molar-refractivity contribution in [1.29, 1.82) is 0 Å². The Kier molecular flexibility index (Phi) is 3.69. The van der Waals surface area contributed by atoms with E-state index in [1.54, 1.807) is 0 Å². The van der Waals surface area contributed by atoms with Crippen LogP contribution in [0, 0.1) is 11.6 Å². The average molecular weight is 359 g/mol. The Morgan fingerprint density at radius 3 is 2.48 bits per heavy atom. The molecule has 112 valence electrons. The molecule has 0 aromatic heterocycles. The van der Waals surface area contributed by atoms with Gasteiger partial charge in [-0.15, -0.1) is 0 Å². The molecule has 0 bridgehead atoms. The molecule has 0 aliphatic carbocycles. The lowest BCUT2D eigenvalue weighted by Crippen LogP contribution is -2.61. The van der Waals surface area contributed by atoms with Crippen LogP contribution in [0.3, 0.4) is 0 Å². The number of rotatable bonds is 1. The Morgan fingerprint density at radius 1 is 1.14 bits per heavy atom. The van der Waals surface area contributed by atoms with Gasteiger partial charge in [-0.1, -0.05) is 15.9 Å². The summed E-state index contributed by atoms with van der Waals surface area (Å²) < 4.78 is 28.3. The van der Waals surface area contributed by atoms with Crippen molar-refractivity contribution in [2.24, 2.45) is 0 Å². The van der Waals surface area contributed by atoms with Crippen molar-refractivity contribution >= 4 is 33.4 Å². The Labute approximate surface area is 128 Å². The van der Waals surface area contributed by atoms with Crippen molar-refractivity contribution < 1.29 is 18.4 Å². The maximum absolute atomic E-state index is 14.0. The summed E-state index contributed by atoms with van der Waals surface area (Å²) in [6.45, 7) is 0.221. The summed E-state index contributed by atoms with van der Waals surface area (Å²) in [5.41, 5.74) is -0.443. The number of nitrogens with zero attached hydrogens (tertiary/aromatic N) is 2. The number of hydrogen-bond donors (Lipinski definition) is 0. The van der Waals surface area contributed by atoms with E-state index in [9.17, 15) is 18.4 Å². The van der Waals surface area contributed by atoms with E-state index in [1.165, 1.54) is 4.90 Å². The predicted octanol–water partition coefficient (Wildman–Crippen LogP) is 2.46. The zero-order valence-electron chi connectivity index (χ0n) is 11.1. The second-order valence-electron chi connectivity index (χ2n) is 5.24. The normalized spacial score (nSPS) is 22.5. The van der Waals surface area contributed by atoms with Crippen LogP contribution in [0.5, 0.6) is 0 Å². The van der Waals surface area contributed by atoms with Gasteiger partial charge in [0.05, 0.1) is 0 Å². The molecule has 0 radical (unpaired) electrons. The third kappa shape index (κ3) is 2.43. The third-order valence-corrected chi connectivity index (χ3v) is 4.38. The lowest BCUT2D eigenvalue weighted by molar-refractivity contribution is -0.144. The Morgan fingerprint density at radius 2 is 1.81 bits per heavy atom. The molecule has 2 saturated heterocycles. The van der Waals surface area contributed by atoms with Crippen molar-refractivity contribution in [3.63, 3.8) is 0 Å². The SMILES string of the molecule is O=C1C2CCCCN2C(=O)CN1c1c(F)cc(Br)cc1F. The summed E-state index contributed by atoms with van der Waals surface area (Å²) in [6, 6.07) is 1.58. The summed E-state index contributed by atoms with van der Waals surface area (Å²) in [7, 11) is 0. The molecule has 2 fully saturated rings. The van der Waals surface area contributed by atoms with E-state index in [-0.39, 0.29) is 16.9 Å². The van der Waals surface area contributed by atoms with Gasteiger partial charge in [0.2, 0.25) is 11.8 Å². The second kappa shape index (κ2) is 5.36. The number of hydrogen-bond acceptors (Lipinski definition) is 2. The number of carbonyl (C=O) groups is 2. The number of piperazine rings is 1. The van der Waals surface area contributed by atoms with E-state index in [2.05, 4.69) is 15.9 Å². The van der Waals surface area contributed by atoms with Crippen molar-refractivity contribution in [3.05, 3.63) is 28.2 Å². The van der Waals surface area contributed by atoms with Crippen LogP contribution in [0.15, 0.2) is 16.6 Å². The van der Waals surface area contributed by atoms with E-state index < -0.39 is 29.3 Å². The summed E-state index contributed by atoms with van der Waals surface area (Å²) >= 11 is 2.99. The molecule has 1 aromatic rings. The van der Waals surface area contributed by atoms with E-state index in [4.69, 9.17) is 0 Å². The number of piperidine rings is 1. The molecule has 2 aliphatic rings. The second-order valence-corrected chi connectivity index (χ2v) is 6.16. The summed E-state index contributed by atoms with van der Waals surface area (Å²) in [4.78, 5) is 27.1. The number of amides is 2. The van der Waals surface area contributed by atoms with Crippen LogP contribution >= 0.6 is 15.9 Å². The molecule has 3 rings (SSSR count). The minimum Gasteiger partial charge on any atom is -0.329 e. The number of halogens is 3. The smallest absolute Gasteiger partial charge is 0.250 e. The number of fused-ring (bicyclic) bond motifs is 1. The highest BCUT2D eigenvalue weighted by atomic mass is 79.9. The van der Waals surface area contributed by atoms with Crippen molar-refractivity contribution in [2.45, 2.75) is 25.3 Å². The number of benzene rings is 1. The highest BCUT2D eigenvalue weighted by Crippen LogP contribution is 2.32. The minimum atomic E-state index is -0.854. The highest BCUT2D eigenvalue weighted by Gasteiger charge is 2.42. The Balaban J connectivity index is 2.00. The fourth-order valence-corrected chi connectivity index (χ4v) is 3.35. The van der Waals surface area contributed by atoms with E-state index in [0.29, 0.717) is 13.0 Å². The van der Waals surface area contributed by atoms with Gasteiger partial charge >= 0.3 is 0 Å². The number of carbonyl (C=O) groups excluding carboxylic acids is 2. The maximum Gasteiger partial charge on any atom is 0.250 e. The van der Waals surface area contributed by atoms with Gasteiger partial charge in [-0.3, -0.25) is 14.5 Å². The maximum atomic E-state index is 14.0. The molecule has 0 N–H and O–H groups in total. The first-order chi connectivity index (χ1) is 9.99. The molecule has 2 amide bonds. The van der Waals surface area contributed by atoms with Gasteiger partial charge in [0.25, 0.3) is 0 Å². The van der Waals surface area contributed by atoms with Gasteiger partial charge in [0.1, 0.15) is 18.3 Å². The molecule has 7 heteroatoms. The third-order valence-electron chi connectivity index (χ3n) is 3.92. The molecular formula is C14H13BrF2N2O2. The van der Waals surface area contributed by atoms with Gasteiger partial charge in [-0.05, 0) is 31.4 Å². The van der Waals surface area contributed by atoms with Crippen LogP contribution in [-0.2, 0) is 9.59 Å². The van der Waals surface area contributed by atoms with Crippen LogP contribution < -0.4 is 4.90 Å². The van der Waals surface area contributed by atoms with Crippen LogP contribution in [-0.4, -0.2) is 35.8 Å². The van der Waals surface area contributed by atoms with Gasteiger partial charge < -0.3 is 4.90 Å². The first-order valence-electron chi connectivity index (χ1n) is 6.74. The largest absolute Gasteiger partial charge is 0.329 e. The van der Waals surface area contributed by atoms with E-state index in [1.807, 2.05) is 0 Å². The van der Waals surface area contributed by atoms with E-state index >= 15 is 0 Å². The van der Waals surface area contributed by atoms with Gasteiger partial charge in [0, 0.05) is 11.0 Å². The molecular weight excluding hydrogens is 346 g/mol. The van der Waals surface area contributed by atoms with Gasteiger partial charge in [-0.2, -0.15) is 0 Å². The van der Waals surface area contributed by atoms with Crippen LogP contribution in [0.25, 0.3) is 0 Å². The molecule has 1 aromatic carbocycles. The topological polar surface area (TPSA) is 40.6 Å². The first kappa shape index (κ1) is 14.4. The quantitative estimate of drug-likeness (QED) is 0.773. The summed E-state index contributed by atoms with van der Waals surface area (Å²) in [5.74, 6) is -2.38. The average Bonchev–Trinajstić information content (AvgIpc) is 2.43. The summed E-state index contributed by atoms with van der Waals surface area (Å²) in [6.07, 6.45) is 2.23. The fourth-order valence-electron chi connectivity index (χ4n) is 2.95. The van der Waals surface area contributed by atoms with Crippen molar-refractivity contribution in [1.82, 2.24) is 4.90 Å². The molecule has 1 unspecified atom stereocenters.